The summed E-state index contributed by atoms with van der Waals surface area (Å²) in [5.41, 5.74) is 5.54. The molecule has 1 aromatic rings. The van der Waals surface area contributed by atoms with Gasteiger partial charge in [-0.1, -0.05) is 6.42 Å². The first kappa shape index (κ1) is 15.7. The van der Waals surface area contributed by atoms with E-state index < -0.39 is 0 Å². The zero-order chi connectivity index (χ0) is 14.2. The molecule has 0 aromatic carbocycles. The van der Waals surface area contributed by atoms with E-state index in [2.05, 4.69) is 36.8 Å². The van der Waals surface area contributed by atoms with Gasteiger partial charge in [0.1, 0.15) is 5.82 Å². The van der Waals surface area contributed by atoms with Crippen molar-refractivity contribution in [3.8, 4) is 0 Å². The van der Waals surface area contributed by atoms with Crippen molar-refractivity contribution in [3.05, 3.63) is 22.8 Å². The SMILES string of the molecule is NCCCCCN1CCCN(c2ncccc2Br)CC1. The van der Waals surface area contributed by atoms with Gasteiger partial charge in [-0.3, -0.25) is 0 Å². The zero-order valence-electron chi connectivity index (χ0n) is 12.1. The zero-order valence-corrected chi connectivity index (χ0v) is 13.7. The van der Waals surface area contributed by atoms with Gasteiger partial charge in [-0.05, 0) is 67.0 Å². The molecule has 2 heterocycles. The van der Waals surface area contributed by atoms with Crippen molar-refractivity contribution >= 4 is 21.7 Å². The third kappa shape index (κ3) is 4.72. The van der Waals surface area contributed by atoms with Gasteiger partial charge in [-0.25, -0.2) is 4.98 Å². The van der Waals surface area contributed by atoms with Gasteiger partial charge in [0, 0.05) is 25.8 Å². The van der Waals surface area contributed by atoms with Crippen LogP contribution in [0.5, 0.6) is 0 Å². The summed E-state index contributed by atoms with van der Waals surface area (Å²) in [6.45, 7) is 6.51. The summed E-state index contributed by atoms with van der Waals surface area (Å²) in [5, 5.41) is 0. The van der Waals surface area contributed by atoms with Crippen LogP contribution in [0.15, 0.2) is 22.8 Å². The highest BCUT2D eigenvalue weighted by atomic mass is 79.9. The van der Waals surface area contributed by atoms with Crippen molar-refractivity contribution in [3.63, 3.8) is 0 Å². The summed E-state index contributed by atoms with van der Waals surface area (Å²) in [6, 6.07) is 4.03. The largest absolute Gasteiger partial charge is 0.354 e. The van der Waals surface area contributed by atoms with Crippen molar-refractivity contribution < 1.29 is 0 Å². The van der Waals surface area contributed by atoms with Gasteiger partial charge in [-0.15, -0.1) is 0 Å². The molecule has 0 atom stereocenters. The van der Waals surface area contributed by atoms with E-state index >= 15 is 0 Å². The lowest BCUT2D eigenvalue weighted by Gasteiger charge is -2.23. The summed E-state index contributed by atoms with van der Waals surface area (Å²) in [4.78, 5) is 9.47. The topological polar surface area (TPSA) is 45.4 Å². The Balaban J connectivity index is 1.82. The van der Waals surface area contributed by atoms with Crippen LogP contribution in [0.4, 0.5) is 5.82 Å². The van der Waals surface area contributed by atoms with E-state index in [0.717, 1.165) is 42.9 Å². The van der Waals surface area contributed by atoms with Crippen molar-refractivity contribution in [1.29, 1.82) is 0 Å². The van der Waals surface area contributed by atoms with Crippen molar-refractivity contribution in [2.45, 2.75) is 25.7 Å². The summed E-state index contributed by atoms with van der Waals surface area (Å²) >= 11 is 3.60. The molecule has 2 N–H and O–H groups in total. The maximum atomic E-state index is 5.54. The Morgan fingerprint density at radius 1 is 1.15 bits per heavy atom. The van der Waals surface area contributed by atoms with Crippen LogP contribution >= 0.6 is 15.9 Å². The minimum atomic E-state index is 0.821. The second kappa shape index (κ2) is 8.60. The molecule has 112 valence electrons. The number of hydrogen-bond donors (Lipinski definition) is 1. The number of unbranched alkanes of at least 4 members (excludes halogenated alkanes) is 2. The minimum absolute atomic E-state index is 0.821. The lowest BCUT2D eigenvalue weighted by molar-refractivity contribution is 0.286. The summed E-state index contributed by atoms with van der Waals surface area (Å²) in [6.07, 6.45) is 6.75. The van der Waals surface area contributed by atoms with Crippen LogP contribution < -0.4 is 10.6 Å². The third-order valence-corrected chi connectivity index (χ3v) is 4.42. The molecule has 1 aliphatic heterocycles. The average molecular weight is 341 g/mol. The number of nitrogens with zero attached hydrogens (tertiary/aromatic N) is 3. The molecule has 20 heavy (non-hydrogen) atoms. The molecule has 5 heteroatoms. The van der Waals surface area contributed by atoms with Crippen LogP contribution in [0.3, 0.4) is 0 Å². The van der Waals surface area contributed by atoms with Crippen molar-refractivity contribution in [2.24, 2.45) is 5.73 Å². The first-order valence-electron chi connectivity index (χ1n) is 7.59. The Morgan fingerprint density at radius 3 is 2.85 bits per heavy atom. The number of anilines is 1. The molecule has 0 radical (unpaired) electrons. The molecule has 1 aromatic heterocycles. The van der Waals surface area contributed by atoms with Gasteiger partial charge in [0.15, 0.2) is 0 Å². The highest BCUT2D eigenvalue weighted by Gasteiger charge is 2.17. The lowest BCUT2D eigenvalue weighted by atomic mass is 10.2. The summed E-state index contributed by atoms with van der Waals surface area (Å²) < 4.78 is 1.09. The summed E-state index contributed by atoms with van der Waals surface area (Å²) in [7, 11) is 0. The highest BCUT2D eigenvalue weighted by molar-refractivity contribution is 9.10. The summed E-state index contributed by atoms with van der Waals surface area (Å²) in [5.74, 6) is 1.08. The Kier molecular flexibility index (Phi) is 6.76. The fraction of sp³-hybridized carbons (Fsp3) is 0.667. The van der Waals surface area contributed by atoms with Gasteiger partial charge in [0.2, 0.25) is 0 Å². The molecule has 2 rings (SSSR count). The number of halogens is 1. The van der Waals surface area contributed by atoms with Gasteiger partial charge in [0.25, 0.3) is 0 Å². The minimum Gasteiger partial charge on any atom is -0.354 e. The maximum absolute atomic E-state index is 5.54. The molecule has 0 spiro atoms. The maximum Gasteiger partial charge on any atom is 0.142 e. The first-order chi connectivity index (χ1) is 9.81. The number of aromatic nitrogens is 1. The molecule has 1 saturated heterocycles. The monoisotopic (exact) mass is 340 g/mol. The van der Waals surface area contributed by atoms with Crippen molar-refractivity contribution in [1.82, 2.24) is 9.88 Å². The van der Waals surface area contributed by atoms with E-state index in [1.807, 2.05) is 12.3 Å². The standard InChI is InChI=1S/C15H25BrN4/c16-14-6-4-8-18-15(14)20-11-5-10-19(12-13-20)9-3-1-2-7-17/h4,6,8H,1-3,5,7,9-13,17H2. The molecule has 1 fully saturated rings. The fourth-order valence-electron chi connectivity index (χ4n) is 2.67. The number of nitrogens with two attached hydrogens (primary N) is 1. The molecule has 4 nitrogen and oxygen atoms in total. The Labute approximate surface area is 130 Å². The predicted molar refractivity (Wildman–Crippen MR) is 88.1 cm³/mol. The normalized spacial score (nSPS) is 17.2. The van der Waals surface area contributed by atoms with E-state index in [-0.39, 0.29) is 0 Å². The molecule has 0 amide bonds. The third-order valence-electron chi connectivity index (χ3n) is 3.81. The van der Waals surface area contributed by atoms with Crippen LogP contribution in [0.25, 0.3) is 0 Å². The number of rotatable bonds is 6. The highest BCUT2D eigenvalue weighted by Crippen LogP contribution is 2.23. The first-order valence-corrected chi connectivity index (χ1v) is 8.38. The van der Waals surface area contributed by atoms with Gasteiger partial charge < -0.3 is 15.5 Å². The number of pyridine rings is 1. The fourth-order valence-corrected chi connectivity index (χ4v) is 3.18. The second-order valence-electron chi connectivity index (χ2n) is 5.34. The molecule has 0 unspecified atom stereocenters. The van der Waals surface area contributed by atoms with Crippen LogP contribution in [0.1, 0.15) is 25.7 Å². The average Bonchev–Trinajstić information content (AvgIpc) is 2.70. The van der Waals surface area contributed by atoms with Crippen LogP contribution in [0.2, 0.25) is 0 Å². The Morgan fingerprint density at radius 2 is 2.05 bits per heavy atom. The van der Waals surface area contributed by atoms with E-state index in [1.165, 1.54) is 32.4 Å². The van der Waals surface area contributed by atoms with Crippen LogP contribution in [-0.2, 0) is 0 Å². The molecule has 1 aliphatic rings. The Hall–Kier alpha value is -0.650. The van der Waals surface area contributed by atoms with E-state index in [1.54, 1.807) is 0 Å². The number of hydrogen-bond acceptors (Lipinski definition) is 4. The predicted octanol–water partition coefficient (Wildman–Crippen LogP) is 2.49. The molecular formula is C15H25BrN4. The lowest BCUT2D eigenvalue weighted by Crippen LogP contribution is -2.32. The van der Waals surface area contributed by atoms with E-state index in [0.29, 0.717) is 0 Å². The molecule has 0 aliphatic carbocycles. The van der Waals surface area contributed by atoms with E-state index in [4.69, 9.17) is 5.73 Å². The Bertz CT molecular complexity index is 399. The smallest absolute Gasteiger partial charge is 0.142 e. The van der Waals surface area contributed by atoms with Crippen molar-refractivity contribution in [2.75, 3.05) is 44.2 Å². The van der Waals surface area contributed by atoms with Gasteiger partial charge in [-0.2, -0.15) is 0 Å². The second-order valence-corrected chi connectivity index (χ2v) is 6.19. The van der Waals surface area contributed by atoms with Crippen LogP contribution in [-0.4, -0.2) is 49.2 Å². The van der Waals surface area contributed by atoms with Gasteiger partial charge in [0.05, 0.1) is 4.47 Å². The van der Waals surface area contributed by atoms with E-state index in [9.17, 15) is 0 Å². The molecular weight excluding hydrogens is 316 g/mol. The molecule has 0 bridgehead atoms. The van der Waals surface area contributed by atoms with Crippen LogP contribution in [0, 0.1) is 0 Å². The van der Waals surface area contributed by atoms with Gasteiger partial charge >= 0.3 is 0 Å². The quantitative estimate of drug-likeness (QED) is 0.808. The molecule has 0 saturated carbocycles.